The van der Waals surface area contributed by atoms with Crippen LogP contribution in [0.25, 0.3) is 0 Å². The molecule has 0 aromatic heterocycles. The highest BCUT2D eigenvalue weighted by molar-refractivity contribution is 7.98. The maximum atomic E-state index is 12.7. The molecule has 1 saturated heterocycles. The number of thioether (sulfide) groups is 1. The van der Waals surface area contributed by atoms with Crippen molar-refractivity contribution in [3.8, 4) is 0 Å². The van der Waals surface area contributed by atoms with Crippen LogP contribution in [0.1, 0.15) is 24.1 Å². The van der Waals surface area contributed by atoms with Crippen LogP contribution in [-0.2, 0) is 15.3 Å². The van der Waals surface area contributed by atoms with Gasteiger partial charge >= 0.3 is 12.1 Å². The molecule has 1 heterocycles. The van der Waals surface area contributed by atoms with E-state index in [1.165, 1.54) is 4.90 Å². The summed E-state index contributed by atoms with van der Waals surface area (Å²) in [5, 5.41) is 2.41. The van der Waals surface area contributed by atoms with Crippen LogP contribution in [-0.4, -0.2) is 40.8 Å². The van der Waals surface area contributed by atoms with Crippen LogP contribution in [0.2, 0.25) is 0 Å². The Labute approximate surface area is 173 Å². The monoisotopic (exact) mass is 413 g/mol. The first kappa shape index (κ1) is 20.7. The van der Waals surface area contributed by atoms with Gasteiger partial charge in [0.2, 0.25) is 0 Å². The van der Waals surface area contributed by atoms with Crippen molar-refractivity contribution < 1.29 is 19.1 Å². The molecule has 1 aliphatic heterocycles. The van der Waals surface area contributed by atoms with Gasteiger partial charge in [-0.1, -0.05) is 60.7 Å². The number of carbonyl (C=O) groups excluding carboxylic acids is 3. The van der Waals surface area contributed by atoms with Gasteiger partial charge in [-0.2, -0.15) is 11.8 Å². The number of nitrogens with two attached hydrogens (primary N) is 1. The van der Waals surface area contributed by atoms with Gasteiger partial charge in [-0.3, -0.25) is 15.0 Å². The topological polar surface area (TPSA) is 102 Å². The van der Waals surface area contributed by atoms with Gasteiger partial charge in [0.1, 0.15) is 12.1 Å². The molecule has 1 aliphatic rings. The summed E-state index contributed by atoms with van der Waals surface area (Å²) in [6.07, 6.45) is -0.933. The molecule has 0 spiro atoms. The summed E-state index contributed by atoms with van der Waals surface area (Å²) >= 11 is 1.56. The molecule has 0 radical (unpaired) electrons. The molecule has 2 aromatic rings. The summed E-state index contributed by atoms with van der Waals surface area (Å²) in [5.74, 6) is 0.724. The van der Waals surface area contributed by atoms with Crippen LogP contribution < -0.4 is 11.1 Å². The van der Waals surface area contributed by atoms with E-state index in [4.69, 9.17) is 10.5 Å². The van der Waals surface area contributed by atoms with E-state index in [1.54, 1.807) is 18.7 Å². The highest BCUT2D eigenvalue weighted by Crippen LogP contribution is 2.35. The lowest BCUT2D eigenvalue weighted by Crippen LogP contribution is -2.52. The number of ether oxygens (including phenoxy) is 1. The number of urea groups is 1. The molecular weight excluding hydrogens is 390 g/mol. The number of nitrogens with one attached hydrogen (secondary N) is 1. The second kappa shape index (κ2) is 9.00. The van der Waals surface area contributed by atoms with Crippen molar-refractivity contribution in [3.05, 3.63) is 71.8 Å². The van der Waals surface area contributed by atoms with Crippen LogP contribution in [0, 0.1) is 0 Å². The predicted octanol–water partition coefficient (Wildman–Crippen LogP) is 3.07. The highest BCUT2D eigenvalue weighted by atomic mass is 32.2. The number of nitrogens with zero attached hydrogens (tertiary/aromatic N) is 1. The number of amides is 4. The molecule has 1 fully saturated rings. The largest absolute Gasteiger partial charge is 0.447 e. The molecule has 152 valence electrons. The number of carbonyl (C=O) groups is 3. The normalized spacial score (nSPS) is 19.7. The van der Waals surface area contributed by atoms with Crippen LogP contribution >= 0.6 is 11.8 Å². The zero-order valence-electron chi connectivity index (χ0n) is 16.0. The first-order valence-electron chi connectivity index (χ1n) is 9.15. The molecule has 0 unspecified atom stereocenters. The minimum atomic E-state index is -1.10. The van der Waals surface area contributed by atoms with Gasteiger partial charge in [0, 0.05) is 11.5 Å². The molecule has 2 aromatic carbocycles. The predicted molar refractivity (Wildman–Crippen MR) is 111 cm³/mol. The Kier molecular flexibility index (Phi) is 6.43. The lowest BCUT2D eigenvalue weighted by molar-refractivity contribution is -0.125. The van der Waals surface area contributed by atoms with Crippen molar-refractivity contribution in [2.45, 2.75) is 24.3 Å². The van der Waals surface area contributed by atoms with Crippen molar-refractivity contribution in [3.63, 3.8) is 0 Å². The summed E-state index contributed by atoms with van der Waals surface area (Å²) in [4.78, 5) is 38.1. The smallest absolute Gasteiger partial charge is 0.404 e. The van der Waals surface area contributed by atoms with E-state index < -0.39 is 23.7 Å². The molecule has 8 heteroatoms. The number of primary amides is 1. The molecule has 0 aliphatic carbocycles. The van der Waals surface area contributed by atoms with Gasteiger partial charge < -0.3 is 10.5 Å². The molecule has 7 nitrogen and oxygen atoms in total. The maximum absolute atomic E-state index is 12.7. The molecule has 3 rings (SSSR count). The van der Waals surface area contributed by atoms with Gasteiger partial charge in [0.15, 0.2) is 0 Å². The summed E-state index contributed by atoms with van der Waals surface area (Å²) in [5.41, 5.74) is 5.92. The fraction of sp³-hybridized carbons (Fsp3) is 0.286. The number of hydrogen-bond donors (Lipinski definition) is 2. The molecular formula is C21H23N3O4S. The second-order valence-electron chi connectivity index (χ2n) is 6.94. The summed E-state index contributed by atoms with van der Waals surface area (Å²) < 4.78 is 5.02. The van der Waals surface area contributed by atoms with Gasteiger partial charge in [-0.25, -0.2) is 9.59 Å². The van der Waals surface area contributed by atoms with E-state index in [9.17, 15) is 14.4 Å². The lowest BCUT2D eigenvalue weighted by Gasteiger charge is -2.37. The molecule has 3 N–H and O–H groups in total. The van der Waals surface area contributed by atoms with Gasteiger partial charge in [0.05, 0.1) is 6.04 Å². The van der Waals surface area contributed by atoms with E-state index in [2.05, 4.69) is 5.32 Å². The van der Waals surface area contributed by atoms with E-state index in [0.717, 1.165) is 11.1 Å². The number of rotatable bonds is 8. The highest BCUT2D eigenvalue weighted by Gasteiger charge is 2.52. The molecule has 2 atom stereocenters. The average molecular weight is 413 g/mol. The SMILES string of the molecule is C[C@]1(CSCc2ccccc2)C(=O)NC(=O)N1[C@@H](COC(N)=O)c1ccccc1. The van der Waals surface area contributed by atoms with Crippen molar-refractivity contribution in [1.29, 1.82) is 0 Å². The molecule has 0 saturated carbocycles. The third kappa shape index (κ3) is 4.71. The van der Waals surface area contributed by atoms with Crippen molar-refractivity contribution >= 4 is 29.8 Å². The molecule has 0 bridgehead atoms. The Morgan fingerprint density at radius 1 is 1.14 bits per heavy atom. The first-order valence-corrected chi connectivity index (χ1v) is 10.3. The van der Waals surface area contributed by atoms with Crippen LogP contribution in [0.4, 0.5) is 9.59 Å². The molecule has 4 amide bonds. The fourth-order valence-electron chi connectivity index (χ4n) is 3.34. The number of benzene rings is 2. The summed E-state index contributed by atoms with van der Waals surface area (Å²) in [6.45, 7) is 1.59. The van der Waals surface area contributed by atoms with E-state index in [-0.39, 0.29) is 12.5 Å². The minimum Gasteiger partial charge on any atom is -0.447 e. The second-order valence-corrected chi connectivity index (χ2v) is 7.92. The number of imide groups is 1. The Bertz CT molecular complexity index is 878. The van der Waals surface area contributed by atoms with Crippen LogP contribution in [0.5, 0.6) is 0 Å². The van der Waals surface area contributed by atoms with Gasteiger partial charge in [-0.15, -0.1) is 0 Å². The van der Waals surface area contributed by atoms with Crippen molar-refractivity contribution in [1.82, 2.24) is 10.2 Å². The van der Waals surface area contributed by atoms with E-state index in [0.29, 0.717) is 11.5 Å². The quantitative estimate of drug-likeness (QED) is 0.648. The zero-order chi connectivity index (χ0) is 20.9. The Morgan fingerprint density at radius 3 is 2.38 bits per heavy atom. The molecule has 29 heavy (non-hydrogen) atoms. The van der Waals surface area contributed by atoms with Crippen molar-refractivity contribution in [2.24, 2.45) is 5.73 Å². The minimum absolute atomic E-state index is 0.140. The maximum Gasteiger partial charge on any atom is 0.404 e. The standard InChI is InChI=1S/C21H23N3O4S/c1-21(14-29-13-15-8-4-2-5-9-15)18(25)23-20(27)24(21)17(12-28-19(22)26)16-10-6-3-7-11-16/h2-11,17H,12-14H2,1H3,(H2,22,26)(H,23,25,27)/t17-,21-/m0/s1. The fourth-order valence-corrected chi connectivity index (χ4v) is 4.54. The first-order chi connectivity index (χ1) is 13.9. The Morgan fingerprint density at radius 2 is 1.76 bits per heavy atom. The third-order valence-electron chi connectivity index (χ3n) is 4.83. The van der Waals surface area contributed by atoms with Gasteiger partial charge in [0.25, 0.3) is 5.91 Å². The zero-order valence-corrected chi connectivity index (χ0v) is 16.9. The Hall–Kier alpha value is -3.00. The summed E-state index contributed by atoms with van der Waals surface area (Å²) in [7, 11) is 0. The lowest BCUT2D eigenvalue weighted by atomic mass is 9.98. The Balaban J connectivity index is 1.84. The van der Waals surface area contributed by atoms with Gasteiger partial charge in [-0.05, 0) is 18.1 Å². The van der Waals surface area contributed by atoms with E-state index >= 15 is 0 Å². The van der Waals surface area contributed by atoms with E-state index in [1.807, 2.05) is 60.7 Å². The van der Waals surface area contributed by atoms with Crippen molar-refractivity contribution in [2.75, 3.05) is 12.4 Å². The average Bonchev–Trinajstić information content (AvgIpc) is 2.93. The number of hydrogen-bond acceptors (Lipinski definition) is 5. The summed E-state index contributed by atoms with van der Waals surface area (Å²) in [6, 6.07) is 17.9. The third-order valence-corrected chi connectivity index (χ3v) is 6.14. The van der Waals surface area contributed by atoms with Crippen LogP contribution in [0.3, 0.4) is 0 Å². The van der Waals surface area contributed by atoms with Crippen LogP contribution in [0.15, 0.2) is 60.7 Å².